The molecule has 0 saturated carbocycles. The Morgan fingerprint density at radius 2 is 2.20 bits per heavy atom. The highest BCUT2D eigenvalue weighted by Crippen LogP contribution is 2.24. The largest absolute Gasteiger partial charge is 0.478 e. The standard InChI is InChI=1S/C13H15ClN2O4/c14-9-4-1-5-10(11(9)12(17)18)16-13(19)15-8-3-2-6-20-7-8/h1,4-5,8H,2-3,6-7H2,(H,17,18)(H2,15,16,19). The number of hydrogen-bond acceptors (Lipinski definition) is 3. The molecule has 0 aromatic heterocycles. The Kier molecular flexibility index (Phi) is 4.81. The third-order valence-corrected chi connectivity index (χ3v) is 3.29. The number of benzene rings is 1. The topological polar surface area (TPSA) is 87.7 Å². The molecule has 0 spiro atoms. The highest BCUT2D eigenvalue weighted by atomic mass is 35.5. The molecule has 1 unspecified atom stereocenters. The monoisotopic (exact) mass is 298 g/mol. The number of carbonyl (C=O) groups is 2. The molecule has 1 saturated heterocycles. The van der Waals surface area contributed by atoms with Crippen molar-refractivity contribution in [3.8, 4) is 0 Å². The van der Waals surface area contributed by atoms with E-state index in [1.807, 2.05) is 0 Å². The van der Waals surface area contributed by atoms with Crippen LogP contribution in [0.1, 0.15) is 23.2 Å². The lowest BCUT2D eigenvalue weighted by molar-refractivity contribution is 0.0698. The number of nitrogens with one attached hydrogen (secondary N) is 2. The molecule has 0 aliphatic carbocycles. The molecular weight excluding hydrogens is 284 g/mol. The summed E-state index contributed by atoms with van der Waals surface area (Å²) in [7, 11) is 0. The number of carbonyl (C=O) groups excluding carboxylic acids is 1. The third kappa shape index (κ3) is 3.61. The quantitative estimate of drug-likeness (QED) is 0.799. The third-order valence-electron chi connectivity index (χ3n) is 2.97. The molecule has 0 bridgehead atoms. The molecule has 1 fully saturated rings. The number of halogens is 1. The van der Waals surface area contributed by atoms with Gasteiger partial charge in [-0.2, -0.15) is 0 Å². The first-order chi connectivity index (χ1) is 9.58. The van der Waals surface area contributed by atoms with Gasteiger partial charge in [-0.15, -0.1) is 0 Å². The summed E-state index contributed by atoms with van der Waals surface area (Å²) in [5.41, 5.74) is 0.0449. The van der Waals surface area contributed by atoms with Crippen molar-refractivity contribution in [3.05, 3.63) is 28.8 Å². The second-order valence-electron chi connectivity index (χ2n) is 4.48. The van der Waals surface area contributed by atoms with Crippen molar-refractivity contribution in [2.24, 2.45) is 0 Å². The number of carboxylic acid groups (broad SMARTS) is 1. The van der Waals surface area contributed by atoms with E-state index in [4.69, 9.17) is 21.4 Å². The second kappa shape index (κ2) is 6.58. The lowest BCUT2D eigenvalue weighted by atomic mass is 10.1. The van der Waals surface area contributed by atoms with Crippen LogP contribution in [-0.2, 0) is 4.74 Å². The first-order valence-corrected chi connectivity index (χ1v) is 6.63. The summed E-state index contributed by atoms with van der Waals surface area (Å²) in [5.74, 6) is -1.19. The Hall–Kier alpha value is -1.79. The minimum absolute atomic E-state index is 0.0591. The predicted molar refractivity (Wildman–Crippen MR) is 74.4 cm³/mol. The van der Waals surface area contributed by atoms with E-state index >= 15 is 0 Å². The van der Waals surface area contributed by atoms with E-state index in [0.717, 1.165) is 12.8 Å². The number of amides is 2. The SMILES string of the molecule is O=C(Nc1cccc(Cl)c1C(=O)O)NC1CCCOC1. The zero-order valence-electron chi connectivity index (χ0n) is 10.7. The molecule has 20 heavy (non-hydrogen) atoms. The van der Waals surface area contributed by atoms with Crippen molar-refractivity contribution >= 4 is 29.3 Å². The zero-order chi connectivity index (χ0) is 14.5. The molecule has 1 aromatic carbocycles. The van der Waals surface area contributed by atoms with Crippen molar-refractivity contribution in [1.82, 2.24) is 5.32 Å². The fourth-order valence-corrected chi connectivity index (χ4v) is 2.30. The van der Waals surface area contributed by atoms with Gasteiger partial charge in [-0.3, -0.25) is 0 Å². The Balaban J connectivity index is 2.04. The molecule has 1 aliphatic rings. The summed E-state index contributed by atoms with van der Waals surface area (Å²) in [6.07, 6.45) is 1.73. The van der Waals surface area contributed by atoms with E-state index in [9.17, 15) is 9.59 Å². The second-order valence-corrected chi connectivity index (χ2v) is 4.89. The van der Waals surface area contributed by atoms with Gasteiger partial charge in [-0.05, 0) is 25.0 Å². The summed E-state index contributed by atoms with van der Waals surface area (Å²) in [5, 5.41) is 14.4. The summed E-state index contributed by atoms with van der Waals surface area (Å²) in [6.45, 7) is 1.17. The molecule has 7 heteroatoms. The molecule has 1 aromatic rings. The van der Waals surface area contributed by atoms with Crippen molar-refractivity contribution in [2.45, 2.75) is 18.9 Å². The maximum Gasteiger partial charge on any atom is 0.339 e. The number of ether oxygens (including phenoxy) is 1. The fraction of sp³-hybridized carbons (Fsp3) is 0.385. The van der Waals surface area contributed by atoms with Crippen LogP contribution < -0.4 is 10.6 Å². The molecule has 1 aliphatic heterocycles. The summed E-state index contributed by atoms with van der Waals surface area (Å²) in [4.78, 5) is 23.0. The van der Waals surface area contributed by atoms with Crippen molar-refractivity contribution in [1.29, 1.82) is 0 Å². The minimum atomic E-state index is -1.19. The normalized spacial score (nSPS) is 18.4. The van der Waals surface area contributed by atoms with Gasteiger partial charge in [-0.25, -0.2) is 9.59 Å². The van der Waals surface area contributed by atoms with E-state index < -0.39 is 12.0 Å². The van der Waals surface area contributed by atoms with Crippen LogP contribution in [0.15, 0.2) is 18.2 Å². The van der Waals surface area contributed by atoms with Crippen LogP contribution >= 0.6 is 11.6 Å². The van der Waals surface area contributed by atoms with Crippen LogP contribution in [-0.4, -0.2) is 36.4 Å². The Labute approximate surface area is 121 Å². The maximum atomic E-state index is 11.9. The predicted octanol–water partition coefficient (Wildman–Crippen LogP) is 2.34. The van der Waals surface area contributed by atoms with Crippen LogP contribution in [0.25, 0.3) is 0 Å². The average molecular weight is 299 g/mol. The Bertz CT molecular complexity index is 515. The van der Waals surface area contributed by atoms with Crippen molar-refractivity contribution in [2.75, 3.05) is 18.5 Å². The maximum absolute atomic E-state index is 11.9. The van der Waals surface area contributed by atoms with Crippen molar-refractivity contribution in [3.63, 3.8) is 0 Å². The molecule has 2 rings (SSSR count). The number of anilines is 1. The van der Waals surface area contributed by atoms with Crippen LogP contribution in [0.3, 0.4) is 0 Å². The fourth-order valence-electron chi connectivity index (χ4n) is 2.04. The Morgan fingerprint density at radius 1 is 1.40 bits per heavy atom. The highest BCUT2D eigenvalue weighted by molar-refractivity contribution is 6.34. The highest BCUT2D eigenvalue weighted by Gasteiger charge is 2.19. The van der Waals surface area contributed by atoms with Gasteiger partial charge in [0.1, 0.15) is 5.56 Å². The summed E-state index contributed by atoms with van der Waals surface area (Å²) >= 11 is 5.83. The first kappa shape index (κ1) is 14.6. The Morgan fingerprint density at radius 3 is 2.85 bits per heavy atom. The molecule has 6 nitrogen and oxygen atoms in total. The molecular formula is C13H15ClN2O4. The van der Waals surface area contributed by atoms with E-state index in [1.54, 1.807) is 6.07 Å². The zero-order valence-corrected chi connectivity index (χ0v) is 11.4. The van der Waals surface area contributed by atoms with Gasteiger partial charge in [0.25, 0.3) is 0 Å². The lowest BCUT2D eigenvalue weighted by Crippen LogP contribution is -2.42. The van der Waals surface area contributed by atoms with E-state index in [-0.39, 0.29) is 22.3 Å². The number of urea groups is 1. The number of carboxylic acids is 1. The van der Waals surface area contributed by atoms with Crippen molar-refractivity contribution < 1.29 is 19.4 Å². The van der Waals surface area contributed by atoms with Crippen LogP contribution in [0.2, 0.25) is 5.02 Å². The van der Waals surface area contributed by atoms with Crippen LogP contribution in [0.5, 0.6) is 0 Å². The average Bonchev–Trinajstić information content (AvgIpc) is 2.39. The van der Waals surface area contributed by atoms with Gasteiger partial charge in [0.15, 0.2) is 0 Å². The molecule has 0 radical (unpaired) electrons. The first-order valence-electron chi connectivity index (χ1n) is 6.25. The van der Waals surface area contributed by atoms with E-state index in [1.165, 1.54) is 12.1 Å². The van der Waals surface area contributed by atoms with Gasteiger partial charge >= 0.3 is 12.0 Å². The van der Waals surface area contributed by atoms with Gasteiger partial charge in [0, 0.05) is 6.61 Å². The van der Waals surface area contributed by atoms with E-state index in [2.05, 4.69) is 10.6 Å². The lowest BCUT2D eigenvalue weighted by Gasteiger charge is -2.23. The molecule has 1 atom stereocenters. The summed E-state index contributed by atoms with van der Waals surface area (Å²) in [6, 6.07) is 4.00. The van der Waals surface area contributed by atoms with E-state index in [0.29, 0.717) is 13.2 Å². The molecule has 2 amide bonds. The molecule has 108 valence electrons. The van der Waals surface area contributed by atoms with Gasteiger partial charge in [-0.1, -0.05) is 17.7 Å². The van der Waals surface area contributed by atoms with Gasteiger partial charge in [0.05, 0.1) is 23.4 Å². The molecule has 3 N–H and O–H groups in total. The van der Waals surface area contributed by atoms with Crippen LogP contribution in [0, 0.1) is 0 Å². The van der Waals surface area contributed by atoms with Gasteiger partial charge in [0.2, 0.25) is 0 Å². The number of rotatable bonds is 3. The van der Waals surface area contributed by atoms with Crippen LogP contribution in [0.4, 0.5) is 10.5 Å². The summed E-state index contributed by atoms with van der Waals surface area (Å²) < 4.78 is 5.26. The van der Waals surface area contributed by atoms with Gasteiger partial charge < -0.3 is 20.5 Å². The number of aromatic carboxylic acids is 1. The molecule has 1 heterocycles. The number of hydrogen-bond donors (Lipinski definition) is 3. The minimum Gasteiger partial charge on any atom is -0.478 e. The smallest absolute Gasteiger partial charge is 0.339 e.